The number of carbonyl (C=O) groups is 1. The lowest BCUT2D eigenvalue weighted by atomic mass is 9.94. The summed E-state index contributed by atoms with van der Waals surface area (Å²) >= 11 is 0. The second kappa shape index (κ2) is 6.46. The van der Waals surface area contributed by atoms with Gasteiger partial charge in [0.05, 0.1) is 35.9 Å². The average molecular weight is 357 g/mol. The second-order valence-electron chi connectivity index (χ2n) is 7.05. The molecule has 0 radical (unpaired) electrons. The van der Waals surface area contributed by atoms with Crippen molar-refractivity contribution in [3.8, 4) is 5.69 Å². The van der Waals surface area contributed by atoms with Crippen LogP contribution in [0.4, 0.5) is 0 Å². The van der Waals surface area contributed by atoms with Crippen LogP contribution in [0.2, 0.25) is 0 Å². The van der Waals surface area contributed by atoms with Crippen LogP contribution >= 0.6 is 0 Å². The summed E-state index contributed by atoms with van der Waals surface area (Å²) in [5.74, 6) is 0.0420. The molecule has 1 fully saturated rings. The van der Waals surface area contributed by atoms with Crippen molar-refractivity contribution >= 4 is 11.5 Å². The third-order valence-electron chi connectivity index (χ3n) is 5.43. The molecular formula is C21H19N5O. The largest absolute Gasteiger partial charge is 0.329 e. The zero-order valence-electron chi connectivity index (χ0n) is 14.8. The predicted molar refractivity (Wildman–Crippen MR) is 101 cm³/mol. The standard InChI is InChI=1S/C21H19N5O/c27-21(17-12-20(14-22-13-17)25-9-8-23-24-25)26-18-6-7-19(26)11-16(10-18)15-4-2-1-3-5-15/h1-5,8-10,12-14,18-19H,6-7,11H2. The van der Waals surface area contributed by atoms with Crippen molar-refractivity contribution in [1.29, 1.82) is 0 Å². The van der Waals surface area contributed by atoms with Gasteiger partial charge < -0.3 is 4.90 Å². The van der Waals surface area contributed by atoms with E-state index in [0.717, 1.165) is 24.9 Å². The summed E-state index contributed by atoms with van der Waals surface area (Å²) in [4.78, 5) is 19.5. The van der Waals surface area contributed by atoms with Gasteiger partial charge in [0.25, 0.3) is 5.91 Å². The number of fused-ring (bicyclic) bond motifs is 2. The van der Waals surface area contributed by atoms with Crippen LogP contribution in [0.5, 0.6) is 0 Å². The summed E-state index contributed by atoms with van der Waals surface area (Å²) in [5, 5.41) is 7.79. The summed E-state index contributed by atoms with van der Waals surface area (Å²) < 4.78 is 1.61. The number of pyridine rings is 1. The molecule has 0 N–H and O–H groups in total. The molecule has 2 aromatic heterocycles. The Labute approximate surface area is 157 Å². The molecule has 0 spiro atoms. The first-order valence-electron chi connectivity index (χ1n) is 9.20. The lowest BCUT2D eigenvalue weighted by Gasteiger charge is -2.34. The molecule has 5 rings (SSSR count). The molecule has 2 unspecified atom stereocenters. The van der Waals surface area contributed by atoms with E-state index in [2.05, 4.69) is 45.6 Å². The van der Waals surface area contributed by atoms with Crippen molar-refractivity contribution in [3.05, 3.63) is 78.4 Å². The van der Waals surface area contributed by atoms with E-state index in [-0.39, 0.29) is 18.0 Å². The Kier molecular flexibility index (Phi) is 3.81. The molecule has 27 heavy (non-hydrogen) atoms. The minimum absolute atomic E-state index is 0.0420. The van der Waals surface area contributed by atoms with E-state index in [4.69, 9.17) is 0 Å². The highest BCUT2D eigenvalue weighted by atomic mass is 16.2. The Morgan fingerprint density at radius 2 is 2.00 bits per heavy atom. The summed E-state index contributed by atoms with van der Waals surface area (Å²) in [6.45, 7) is 0. The van der Waals surface area contributed by atoms with Crippen molar-refractivity contribution < 1.29 is 4.79 Å². The number of amides is 1. The molecule has 1 amide bonds. The van der Waals surface area contributed by atoms with Gasteiger partial charge in [-0.3, -0.25) is 9.78 Å². The monoisotopic (exact) mass is 357 g/mol. The number of hydrogen-bond donors (Lipinski definition) is 0. The second-order valence-corrected chi connectivity index (χ2v) is 7.05. The summed E-state index contributed by atoms with van der Waals surface area (Å²) in [5.41, 5.74) is 3.94. The lowest BCUT2D eigenvalue weighted by molar-refractivity contribution is 0.0692. The lowest BCUT2D eigenvalue weighted by Crippen LogP contribution is -2.43. The van der Waals surface area contributed by atoms with Gasteiger partial charge in [0, 0.05) is 12.2 Å². The highest BCUT2D eigenvalue weighted by molar-refractivity contribution is 5.95. The molecule has 4 heterocycles. The molecule has 2 aliphatic heterocycles. The Morgan fingerprint density at radius 1 is 1.11 bits per heavy atom. The highest BCUT2D eigenvalue weighted by Gasteiger charge is 2.40. The average Bonchev–Trinajstić information content (AvgIpc) is 3.35. The van der Waals surface area contributed by atoms with Gasteiger partial charge in [-0.25, -0.2) is 4.68 Å². The first-order chi connectivity index (χ1) is 13.3. The predicted octanol–water partition coefficient (Wildman–Crippen LogP) is 3.12. The van der Waals surface area contributed by atoms with Crippen LogP contribution in [-0.4, -0.2) is 42.9 Å². The van der Waals surface area contributed by atoms with Gasteiger partial charge in [-0.05, 0) is 36.5 Å². The molecule has 0 aliphatic carbocycles. The molecule has 6 nitrogen and oxygen atoms in total. The number of carbonyl (C=O) groups excluding carboxylic acids is 1. The third kappa shape index (κ3) is 2.83. The van der Waals surface area contributed by atoms with Crippen LogP contribution in [-0.2, 0) is 0 Å². The minimum atomic E-state index is 0.0420. The molecule has 2 atom stereocenters. The molecule has 3 aromatic rings. The van der Waals surface area contributed by atoms with E-state index in [1.54, 1.807) is 29.5 Å². The van der Waals surface area contributed by atoms with Crippen molar-refractivity contribution in [1.82, 2.24) is 24.9 Å². The van der Waals surface area contributed by atoms with E-state index in [0.29, 0.717) is 5.56 Å². The first kappa shape index (κ1) is 15.9. The Hall–Kier alpha value is -3.28. The quantitative estimate of drug-likeness (QED) is 0.722. The van der Waals surface area contributed by atoms with Crippen LogP contribution in [0.25, 0.3) is 11.3 Å². The maximum Gasteiger partial charge on any atom is 0.256 e. The van der Waals surface area contributed by atoms with E-state index in [1.165, 1.54) is 11.1 Å². The van der Waals surface area contributed by atoms with Gasteiger partial charge in [-0.15, -0.1) is 5.10 Å². The van der Waals surface area contributed by atoms with Crippen molar-refractivity contribution in [2.24, 2.45) is 0 Å². The molecule has 1 saturated heterocycles. The smallest absolute Gasteiger partial charge is 0.256 e. The molecule has 6 heteroatoms. The fraction of sp³-hybridized carbons (Fsp3) is 0.238. The van der Waals surface area contributed by atoms with Gasteiger partial charge in [0.15, 0.2) is 0 Å². The Bertz CT molecular complexity index is 996. The van der Waals surface area contributed by atoms with Crippen LogP contribution < -0.4 is 0 Å². The highest BCUT2D eigenvalue weighted by Crippen LogP contribution is 2.39. The van der Waals surface area contributed by atoms with E-state index in [1.807, 2.05) is 17.0 Å². The number of rotatable bonds is 3. The van der Waals surface area contributed by atoms with Crippen LogP contribution in [0, 0.1) is 0 Å². The van der Waals surface area contributed by atoms with Crippen molar-refractivity contribution in [2.45, 2.75) is 31.3 Å². The number of hydrogen-bond acceptors (Lipinski definition) is 4. The Morgan fingerprint density at radius 3 is 2.78 bits per heavy atom. The molecular weight excluding hydrogens is 338 g/mol. The van der Waals surface area contributed by atoms with Gasteiger partial charge in [0.2, 0.25) is 0 Å². The van der Waals surface area contributed by atoms with Crippen molar-refractivity contribution in [3.63, 3.8) is 0 Å². The minimum Gasteiger partial charge on any atom is -0.329 e. The van der Waals surface area contributed by atoms with E-state index in [9.17, 15) is 4.79 Å². The molecule has 2 aliphatic rings. The molecule has 1 aromatic carbocycles. The van der Waals surface area contributed by atoms with Crippen LogP contribution in [0.1, 0.15) is 35.2 Å². The van der Waals surface area contributed by atoms with Gasteiger partial charge in [0.1, 0.15) is 0 Å². The Balaban J connectivity index is 1.44. The third-order valence-corrected chi connectivity index (χ3v) is 5.43. The van der Waals surface area contributed by atoms with E-state index < -0.39 is 0 Å². The summed E-state index contributed by atoms with van der Waals surface area (Å²) in [6, 6.07) is 12.7. The summed E-state index contributed by atoms with van der Waals surface area (Å²) in [7, 11) is 0. The van der Waals surface area contributed by atoms with Gasteiger partial charge in [-0.1, -0.05) is 41.6 Å². The molecule has 2 bridgehead atoms. The van der Waals surface area contributed by atoms with E-state index >= 15 is 0 Å². The maximum atomic E-state index is 13.2. The number of aromatic nitrogens is 4. The molecule has 134 valence electrons. The normalized spacial score (nSPS) is 21.2. The van der Waals surface area contributed by atoms with Crippen LogP contribution in [0.15, 0.2) is 67.3 Å². The van der Waals surface area contributed by atoms with Crippen molar-refractivity contribution in [2.75, 3.05) is 0 Å². The first-order valence-corrected chi connectivity index (χ1v) is 9.20. The number of nitrogens with zero attached hydrogens (tertiary/aromatic N) is 5. The zero-order valence-corrected chi connectivity index (χ0v) is 14.8. The number of benzene rings is 1. The van der Waals surface area contributed by atoms with Gasteiger partial charge >= 0.3 is 0 Å². The molecule has 0 saturated carbocycles. The fourth-order valence-corrected chi connectivity index (χ4v) is 4.18. The van der Waals surface area contributed by atoms with Gasteiger partial charge in [-0.2, -0.15) is 0 Å². The fourth-order valence-electron chi connectivity index (χ4n) is 4.18. The zero-order chi connectivity index (χ0) is 18.2. The SMILES string of the molecule is O=C(c1cncc(-n2ccnn2)c1)N1C2C=C(c3ccccc3)CC1CC2. The van der Waals surface area contributed by atoms with Crippen LogP contribution in [0.3, 0.4) is 0 Å². The summed E-state index contributed by atoms with van der Waals surface area (Å²) in [6.07, 6.45) is 11.9. The topological polar surface area (TPSA) is 63.9 Å². The maximum absolute atomic E-state index is 13.2.